The molecular formula is C14H10FNO5. The lowest BCUT2D eigenvalue weighted by molar-refractivity contribution is -0.385. The highest BCUT2D eigenvalue weighted by atomic mass is 19.1. The van der Waals surface area contributed by atoms with Crippen molar-refractivity contribution < 1.29 is 24.0 Å². The number of carbonyl (C=O) groups is 1. The van der Waals surface area contributed by atoms with Gasteiger partial charge in [0.05, 0.1) is 16.6 Å². The van der Waals surface area contributed by atoms with Crippen LogP contribution in [0.1, 0.15) is 15.9 Å². The number of benzene rings is 2. The van der Waals surface area contributed by atoms with Gasteiger partial charge in [0.1, 0.15) is 18.2 Å². The first-order valence-corrected chi connectivity index (χ1v) is 5.86. The molecule has 0 bridgehead atoms. The average Bonchev–Trinajstić information content (AvgIpc) is 2.45. The first-order valence-electron chi connectivity index (χ1n) is 5.86. The first kappa shape index (κ1) is 14.4. The van der Waals surface area contributed by atoms with Crippen LogP contribution in [-0.2, 0) is 6.61 Å². The topological polar surface area (TPSA) is 89.7 Å². The molecule has 0 aliphatic heterocycles. The van der Waals surface area contributed by atoms with E-state index in [-0.39, 0.29) is 29.2 Å². The molecule has 0 aliphatic rings. The van der Waals surface area contributed by atoms with Crippen LogP contribution in [0.4, 0.5) is 10.1 Å². The van der Waals surface area contributed by atoms with E-state index in [9.17, 15) is 19.3 Å². The number of aromatic carboxylic acids is 1. The molecule has 6 nitrogen and oxygen atoms in total. The van der Waals surface area contributed by atoms with Crippen LogP contribution in [0.3, 0.4) is 0 Å². The molecule has 0 spiro atoms. The lowest BCUT2D eigenvalue weighted by atomic mass is 10.2. The SMILES string of the molecule is O=C(O)c1cccc(OCc2cc(F)cc([N+](=O)[O-])c2)c1. The number of non-ortho nitro benzene ring substituents is 1. The molecule has 0 atom stereocenters. The van der Waals surface area contributed by atoms with Crippen molar-refractivity contribution in [2.45, 2.75) is 6.61 Å². The Morgan fingerprint density at radius 2 is 2.05 bits per heavy atom. The first-order chi connectivity index (χ1) is 9.95. The van der Waals surface area contributed by atoms with Crippen molar-refractivity contribution >= 4 is 11.7 Å². The Morgan fingerprint density at radius 1 is 1.29 bits per heavy atom. The molecule has 21 heavy (non-hydrogen) atoms. The lowest BCUT2D eigenvalue weighted by Crippen LogP contribution is -2.00. The second-order valence-electron chi connectivity index (χ2n) is 4.20. The quantitative estimate of drug-likeness (QED) is 0.675. The number of nitrogens with zero attached hydrogens (tertiary/aromatic N) is 1. The zero-order valence-corrected chi connectivity index (χ0v) is 10.7. The number of nitro benzene ring substituents is 1. The minimum atomic E-state index is -1.10. The Bertz CT molecular complexity index is 702. The Balaban J connectivity index is 2.14. The van der Waals surface area contributed by atoms with Crippen molar-refractivity contribution in [2.75, 3.05) is 0 Å². The van der Waals surface area contributed by atoms with Gasteiger partial charge < -0.3 is 9.84 Å². The van der Waals surface area contributed by atoms with Crippen LogP contribution in [-0.4, -0.2) is 16.0 Å². The molecule has 2 aromatic rings. The van der Waals surface area contributed by atoms with E-state index in [4.69, 9.17) is 9.84 Å². The number of hydrogen-bond acceptors (Lipinski definition) is 4. The molecule has 0 amide bonds. The summed E-state index contributed by atoms with van der Waals surface area (Å²) in [6, 6.07) is 8.90. The molecule has 0 fully saturated rings. The van der Waals surface area contributed by atoms with Crippen LogP contribution in [0, 0.1) is 15.9 Å². The minimum absolute atomic E-state index is 0.0534. The molecule has 7 heteroatoms. The smallest absolute Gasteiger partial charge is 0.335 e. The summed E-state index contributed by atoms with van der Waals surface area (Å²) in [5.74, 6) is -1.55. The Morgan fingerprint density at radius 3 is 2.71 bits per heavy atom. The maximum Gasteiger partial charge on any atom is 0.335 e. The van der Waals surface area contributed by atoms with Crippen molar-refractivity contribution in [3.8, 4) is 5.75 Å². The van der Waals surface area contributed by atoms with E-state index in [1.807, 2.05) is 0 Å². The van der Waals surface area contributed by atoms with Gasteiger partial charge in [-0.2, -0.15) is 0 Å². The molecule has 108 valence electrons. The molecular weight excluding hydrogens is 281 g/mol. The number of hydrogen-bond donors (Lipinski definition) is 1. The van der Waals surface area contributed by atoms with Crippen LogP contribution in [0.2, 0.25) is 0 Å². The van der Waals surface area contributed by atoms with Gasteiger partial charge in [0.15, 0.2) is 0 Å². The van der Waals surface area contributed by atoms with Crippen LogP contribution in [0.15, 0.2) is 42.5 Å². The maximum absolute atomic E-state index is 13.2. The second-order valence-corrected chi connectivity index (χ2v) is 4.20. The number of halogens is 1. The summed E-state index contributed by atoms with van der Waals surface area (Å²) in [5.41, 5.74) is -0.0342. The van der Waals surface area contributed by atoms with E-state index in [0.29, 0.717) is 0 Å². The summed E-state index contributed by atoms with van der Waals surface area (Å²) in [6.07, 6.45) is 0. The van der Waals surface area contributed by atoms with Crippen LogP contribution >= 0.6 is 0 Å². The van der Waals surface area contributed by atoms with Crippen molar-refractivity contribution in [2.24, 2.45) is 0 Å². The van der Waals surface area contributed by atoms with Gasteiger partial charge in [-0.15, -0.1) is 0 Å². The zero-order valence-electron chi connectivity index (χ0n) is 10.7. The van der Waals surface area contributed by atoms with Gasteiger partial charge in [-0.25, -0.2) is 9.18 Å². The van der Waals surface area contributed by atoms with E-state index >= 15 is 0 Å². The van der Waals surface area contributed by atoms with E-state index < -0.39 is 16.7 Å². The van der Waals surface area contributed by atoms with Crippen molar-refractivity contribution in [1.29, 1.82) is 0 Å². The molecule has 2 rings (SSSR count). The fourth-order valence-corrected chi connectivity index (χ4v) is 1.71. The molecule has 0 aromatic heterocycles. The van der Waals surface area contributed by atoms with Gasteiger partial charge in [-0.05, 0) is 29.8 Å². The Labute approximate surface area is 118 Å². The van der Waals surface area contributed by atoms with Crippen LogP contribution < -0.4 is 4.74 Å². The third kappa shape index (κ3) is 3.75. The van der Waals surface area contributed by atoms with Crippen molar-refractivity contribution in [3.63, 3.8) is 0 Å². The normalized spacial score (nSPS) is 10.1. The maximum atomic E-state index is 13.2. The van der Waals surface area contributed by atoms with Crippen LogP contribution in [0.5, 0.6) is 5.75 Å². The molecule has 0 saturated heterocycles. The highest BCUT2D eigenvalue weighted by Crippen LogP contribution is 2.19. The average molecular weight is 291 g/mol. The summed E-state index contributed by atoms with van der Waals surface area (Å²) in [4.78, 5) is 20.7. The highest BCUT2D eigenvalue weighted by molar-refractivity contribution is 5.87. The number of rotatable bonds is 5. The van der Waals surface area contributed by atoms with Gasteiger partial charge in [0.2, 0.25) is 0 Å². The number of carboxylic acids is 1. The Kier molecular flexibility index (Phi) is 4.13. The predicted octanol–water partition coefficient (Wildman–Crippen LogP) is 3.01. The number of ether oxygens (including phenoxy) is 1. The fourth-order valence-electron chi connectivity index (χ4n) is 1.71. The predicted molar refractivity (Wildman–Crippen MR) is 70.8 cm³/mol. The largest absolute Gasteiger partial charge is 0.489 e. The molecule has 0 saturated carbocycles. The van der Waals surface area contributed by atoms with E-state index in [1.165, 1.54) is 24.3 Å². The fraction of sp³-hybridized carbons (Fsp3) is 0.0714. The molecule has 0 aliphatic carbocycles. The summed E-state index contributed by atoms with van der Waals surface area (Å²) in [7, 11) is 0. The third-order valence-corrected chi connectivity index (χ3v) is 2.64. The second kappa shape index (κ2) is 6.00. The highest BCUT2D eigenvalue weighted by Gasteiger charge is 2.10. The van der Waals surface area contributed by atoms with E-state index in [2.05, 4.69) is 0 Å². The summed E-state index contributed by atoms with van der Waals surface area (Å²) in [5, 5.41) is 19.5. The lowest BCUT2D eigenvalue weighted by Gasteiger charge is -2.07. The summed E-state index contributed by atoms with van der Waals surface area (Å²) >= 11 is 0. The van der Waals surface area contributed by atoms with Gasteiger partial charge in [0.25, 0.3) is 5.69 Å². The molecule has 2 aromatic carbocycles. The molecule has 0 unspecified atom stereocenters. The monoisotopic (exact) mass is 291 g/mol. The summed E-state index contributed by atoms with van der Waals surface area (Å²) < 4.78 is 18.6. The van der Waals surface area contributed by atoms with Crippen LogP contribution in [0.25, 0.3) is 0 Å². The van der Waals surface area contributed by atoms with Gasteiger partial charge >= 0.3 is 5.97 Å². The van der Waals surface area contributed by atoms with Gasteiger partial charge in [0, 0.05) is 6.07 Å². The van der Waals surface area contributed by atoms with Crippen molar-refractivity contribution in [3.05, 3.63) is 69.5 Å². The number of carboxylic acid groups (broad SMARTS) is 1. The van der Waals surface area contributed by atoms with Gasteiger partial charge in [-0.1, -0.05) is 6.07 Å². The van der Waals surface area contributed by atoms with E-state index in [1.54, 1.807) is 6.07 Å². The molecule has 0 heterocycles. The third-order valence-electron chi connectivity index (χ3n) is 2.64. The van der Waals surface area contributed by atoms with E-state index in [0.717, 1.165) is 12.1 Å². The molecule has 0 radical (unpaired) electrons. The number of nitro groups is 1. The standard InChI is InChI=1S/C14H10FNO5/c15-11-4-9(5-12(7-11)16(19)20)8-21-13-3-1-2-10(6-13)14(17)18/h1-7H,8H2,(H,17,18). The zero-order chi connectivity index (χ0) is 15.4. The Hall–Kier alpha value is -2.96. The van der Waals surface area contributed by atoms with Crippen molar-refractivity contribution in [1.82, 2.24) is 0 Å². The molecule has 1 N–H and O–H groups in total. The minimum Gasteiger partial charge on any atom is -0.489 e. The summed E-state index contributed by atoms with van der Waals surface area (Å²) in [6.45, 7) is -0.109. The van der Waals surface area contributed by atoms with Gasteiger partial charge in [-0.3, -0.25) is 10.1 Å².